The van der Waals surface area contributed by atoms with Gasteiger partial charge in [-0.3, -0.25) is 0 Å². The van der Waals surface area contributed by atoms with Gasteiger partial charge in [0.25, 0.3) is 0 Å². The molecule has 1 fully saturated rings. The van der Waals surface area contributed by atoms with Gasteiger partial charge >= 0.3 is 0 Å². The van der Waals surface area contributed by atoms with E-state index < -0.39 is 0 Å². The Hall–Kier alpha value is -0.250. The maximum atomic E-state index is 6.13. The second kappa shape index (κ2) is 6.07. The van der Waals surface area contributed by atoms with Crippen molar-refractivity contribution >= 4 is 27.5 Å². The highest BCUT2D eigenvalue weighted by Gasteiger charge is 2.22. The Morgan fingerprint density at radius 1 is 1.53 bits per heavy atom. The van der Waals surface area contributed by atoms with E-state index in [1.54, 1.807) is 0 Å². The number of nitrogens with one attached hydrogen (secondary N) is 1. The highest BCUT2D eigenvalue weighted by Crippen LogP contribution is 2.29. The van der Waals surface area contributed by atoms with Crippen molar-refractivity contribution in [2.45, 2.75) is 38.3 Å². The van der Waals surface area contributed by atoms with E-state index in [1.807, 2.05) is 18.2 Å². The third-order valence-corrected chi connectivity index (χ3v) is 3.64. The van der Waals surface area contributed by atoms with Gasteiger partial charge in [-0.25, -0.2) is 0 Å². The second-order valence-electron chi connectivity index (χ2n) is 4.41. The summed E-state index contributed by atoms with van der Waals surface area (Å²) in [4.78, 5) is 0. The van der Waals surface area contributed by atoms with Gasteiger partial charge in [0.2, 0.25) is 0 Å². The van der Waals surface area contributed by atoms with Crippen LogP contribution in [0, 0.1) is 0 Å². The number of benzene rings is 1. The molecule has 0 radical (unpaired) electrons. The van der Waals surface area contributed by atoms with Crippen LogP contribution in [0.4, 0.5) is 0 Å². The topological polar surface area (TPSA) is 21.3 Å². The van der Waals surface area contributed by atoms with Crippen LogP contribution in [0.2, 0.25) is 5.02 Å². The zero-order valence-electron chi connectivity index (χ0n) is 9.88. The Morgan fingerprint density at radius 3 is 2.88 bits per heavy atom. The van der Waals surface area contributed by atoms with E-state index >= 15 is 0 Å². The first-order valence-corrected chi connectivity index (χ1v) is 7.21. The average molecular weight is 319 g/mol. The minimum absolute atomic E-state index is 0.189. The molecule has 2 rings (SSSR count). The zero-order valence-corrected chi connectivity index (χ0v) is 12.2. The maximum Gasteiger partial charge on any atom is 0.138 e. The molecule has 1 atom stereocenters. The van der Waals surface area contributed by atoms with Gasteiger partial charge in [0.15, 0.2) is 0 Å². The molecule has 1 unspecified atom stereocenters. The number of hydrogen-bond acceptors (Lipinski definition) is 2. The molecule has 1 aromatic carbocycles. The smallest absolute Gasteiger partial charge is 0.138 e. The van der Waals surface area contributed by atoms with Crippen LogP contribution in [-0.2, 0) is 0 Å². The number of ether oxygens (including phenoxy) is 1. The first-order chi connectivity index (χ1) is 8.19. The first kappa shape index (κ1) is 13.2. The predicted molar refractivity (Wildman–Crippen MR) is 74.9 cm³/mol. The van der Waals surface area contributed by atoms with E-state index in [0.29, 0.717) is 11.1 Å². The van der Waals surface area contributed by atoms with Gasteiger partial charge in [-0.1, -0.05) is 34.5 Å². The lowest BCUT2D eigenvalue weighted by Gasteiger charge is -2.19. The fourth-order valence-electron chi connectivity index (χ4n) is 1.61. The molecule has 0 amide bonds. The molecule has 1 aliphatic carbocycles. The quantitative estimate of drug-likeness (QED) is 0.855. The van der Waals surface area contributed by atoms with Crippen molar-refractivity contribution in [2.75, 3.05) is 6.54 Å². The standard InChI is InChI=1S/C13H17BrClNO/c1-2-11(8-16-10-4-5-10)17-13-6-3-9(14)7-12(13)15/h3,6-7,10-11,16H,2,4-5,8H2,1H3. The molecule has 1 aliphatic rings. The Balaban J connectivity index is 1.91. The van der Waals surface area contributed by atoms with Crippen molar-refractivity contribution in [3.8, 4) is 5.75 Å². The molecular formula is C13H17BrClNO. The van der Waals surface area contributed by atoms with E-state index in [1.165, 1.54) is 12.8 Å². The van der Waals surface area contributed by atoms with E-state index in [9.17, 15) is 0 Å². The molecule has 2 nitrogen and oxygen atoms in total. The molecule has 0 bridgehead atoms. The van der Waals surface area contributed by atoms with Crippen LogP contribution < -0.4 is 10.1 Å². The van der Waals surface area contributed by atoms with Gasteiger partial charge in [-0.15, -0.1) is 0 Å². The third kappa shape index (κ3) is 4.16. The Kier molecular flexibility index (Phi) is 4.71. The predicted octanol–water partition coefficient (Wildman–Crippen LogP) is 4.01. The van der Waals surface area contributed by atoms with Crippen LogP contribution in [0.3, 0.4) is 0 Å². The van der Waals surface area contributed by atoms with E-state index in [0.717, 1.165) is 23.2 Å². The second-order valence-corrected chi connectivity index (χ2v) is 5.73. The lowest BCUT2D eigenvalue weighted by Crippen LogP contribution is -2.32. The largest absolute Gasteiger partial charge is 0.488 e. The summed E-state index contributed by atoms with van der Waals surface area (Å²) in [6.07, 6.45) is 3.77. The van der Waals surface area contributed by atoms with Crippen LogP contribution >= 0.6 is 27.5 Å². The van der Waals surface area contributed by atoms with Crippen molar-refractivity contribution in [1.82, 2.24) is 5.32 Å². The van der Waals surface area contributed by atoms with Crippen LogP contribution in [0.15, 0.2) is 22.7 Å². The SMILES string of the molecule is CCC(CNC1CC1)Oc1ccc(Br)cc1Cl. The van der Waals surface area contributed by atoms with Crippen LogP contribution in [0.1, 0.15) is 26.2 Å². The molecule has 0 aliphatic heterocycles. The average Bonchev–Trinajstić information content (AvgIpc) is 3.11. The summed E-state index contributed by atoms with van der Waals surface area (Å²) in [5, 5.41) is 4.14. The van der Waals surface area contributed by atoms with Crippen LogP contribution in [0.25, 0.3) is 0 Å². The summed E-state index contributed by atoms with van der Waals surface area (Å²) in [6.45, 7) is 3.03. The fraction of sp³-hybridized carbons (Fsp3) is 0.538. The van der Waals surface area contributed by atoms with Crippen molar-refractivity contribution in [3.63, 3.8) is 0 Å². The molecule has 94 valence electrons. The molecule has 4 heteroatoms. The molecule has 1 saturated carbocycles. The molecular weight excluding hydrogens is 302 g/mol. The van der Waals surface area contributed by atoms with Gasteiger partial charge in [0, 0.05) is 17.1 Å². The van der Waals surface area contributed by atoms with E-state index in [2.05, 4.69) is 28.2 Å². The van der Waals surface area contributed by atoms with Crippen LogP contribution in [-0.4, -0.2) is 18.7 Å². The molecule has 1 N–H and O–H groups in total. The molecule has 1 aromatic rings. The first-order valence-electron chi connectivity index (χ1n) is 6.04. The molecule has 17 heavy (non-hydrogen) atoms. The summed E-state index contributed by atoms with van der Waals surface area (Å²) >= 11 is 9.52. The fourth-order valence-corrected chi connectivity index (χ4v) is 2.32. The molecule has 0 saturated heterocycles. The molecule has 0 spiro atoms. The Bertz CT molecular complexity index is 382. The van der Waals surface area contributed by atoms with Crippen LogP contribution in [0.5, 0.6) is 5.75 Å². The molecule has 0 heterocycles. The number of rotatable bonds is 6. The lowest BCUT2D eigenvalue weighted by atomic mass is 10.2. The summed E-state index contributed by atoms with van der Waals surface area (Å²) < 4.78 is 6.88. The summed E-state index contributed by atoms with van der Waals surface area (Å²) in [6, 6.07) is 6.43. The summed E-state index contributed by atoms with van der Waals surface area (Å²) in [5.41, 5.74) is 0. The maximum absolute atomic E-state index is 6.13. The minimum atomic E-state index is 0.189. The van der Waals surface area contributed by atoms with E-state index in [4.69, 9.17) is 16.3 Å². The summed E-state index contributed by atoms with van der Waals surface area (Å²) in [5.74, 6) is 0.763. The van der Waals surface area contributed by atoms with Crippen molar-refractivity contribution in [3.05, 3.63) is 27.7 Å². The lowest BCUT2D eigenvalue weighted by molar-refractivity contribution is 0.193. The van der Waals surface area contributed by atoms with Gasteiger partial charge in [-0.2, -0.15) is 0 Å². The van der Waals surface area contributed by atoms with E-state index in [-0.39, 0.29) is 6.10 Å². The third-order valence-electron chi connectivity index (χ3n) is 2.85. The monoisotopic (exact) mass is 317 g/mol. The van der Waals surface area contributed by atoms with Crippen molar-refractivity contribution in [1.29, 1.82) is 0 Å². The van der Waals surface area contributed by atoms with Gasteiger partial charge in [0.1, 0.15) is 11.9 Å². The Morgan fingerprint density at radius 2 is 2.29 bits per heavy atom. The highest BCUT2D eigenvalue weighted by molar-refractivity contribution is 9.10. The summed E-state index contributed by atoms with van der Waals surface area (Å²) in [7, 11) is 0. The van der Waals surface area contributed by atoms with Gasteiger partial charge < -0.3 is 10.1 Å². The zero-order chi connectivity index (χ0) is 12.3. The van der Waals surface area contributed by atoms with Crippen molar-refractivity contribution in [2.24, 2.45) is 0 Å². The molecule has 0 aromatic heterocycles. The number of hydrogen-bond donors (Lipinski definition) is 1. The highest BCUT2D eigenvalue weighted by atomic mass is 79.9. The Labute approximate surface area is 116 Å². The van der Waals surface area contributed by atoms with Gasteiger partial charge in [-0.05, 0) is 37.5 Å². The van der Waals surface area contributed by atoms with Crippen molar-refractivity contribution < 1.29 is 4.74 Å². The number of halogens is 2. The normalized spacial score (nSPS) is 16.9. The minimum Gasteiger partial charge on any atom is -0.488 e. The van der Waals surface area contributed by atoms with Gasteiger partial charge in [0.05, 0.1) is 5.02 Å².